The van der Waals surface area contributed by atoms with Crippen LogP contribution in [0.3, 0.4) is 0 Å². The Morgan fingerprint density at radius 2 is 1.83 bits per heavy atom. The second-order valence-electron chi connectivity index (χ2n) is 4.51. The lowest BCUT2D eigenvalue weighted by atomic mass is 9.96. The molecule has 6 heteroatoms. The summed E-state index contributed by atoms with van der Waals surface area (Å²) in [4.78, 5) is 1.86. The molecule has 1 aromatic carbocycles. The van der Waals surface area contributed by atoms with E-state index in [-0.39, 0.29) is 12.8 Å². The number of anilines is 2. The van der Waals surface area contributed by atoms with Crippen LogP contribution >= 0.6 is 11.6 Å². The minimum atomic E-state index is -4.09. The SMILES string of the molecule is Nc1ccc(Cl)cc1N1CCC(C(F)(F)F)CC1. The Kier molecular flexibility index (Phi) is 3.61. The lowest BCUT2D eigenvalue weighted by Crippen LogP contribution is -2.39. The smallest absolute Gasteiger partial charge is 0.391 e. The summed E-state index contributed by atoms with van der Waals surface area (Å²) in [5.74, 6) is -1.20. The van der Waals surface area contributed by atoms with Gasteiger partial charge in [0.15, 0.2) is 0 Å². The van der Waals surface area contributed by atoms with Gasteiger partial charge in [-0.15, -0.1) is 0 Å². The molecular weight excluding hydrogens is 265 g/mol. The number of hydrogen-bond donors (Lipinski definition) is 1. The Morgan fingerprint density at radius 3 is 2.39 bits per heavy atom. The summed E-state index contributed by atoms with van der Waals surface area (Å²) >= 11 is 5.88. The van der Waals surface area contributed by atoms with Gasteiger partial charge >= 0.3 is 6.18 Å². The highest BCUT2D eigenvalue weighted by atomic mass is 35.5. The van der Waals surface area contributed by atoms with Crippen LogP contribution in [0.2, 0.25) is 5.02 Å². The van der Waals surface area contributed by atoms with Crippen LogP contribution in [0.1, 0.15) is 12.8 Å². The standard InChI is InChI=1S/C12H14ClF3N2/c13-9-1-2-10(17)11(7-9)18-5-3-8(4-6-18)12(14,15)16/h1-2,7-8H,3-6,17H2. The molecule has 0 unspecified atom stereocenters. The van der Waals surface area contributed by atoms with Crippen molar-refractivity contribution in [1.29, 1.82) is 0 Å². The predicted molar refractivity (Wildman–Crippen MR) is 66.9 cm³/mol. The molecule has 1 heterocycles. The highest BCUT2D eigenvalue weighted by Gasteiger charge is 2.41. The summed E-state index contributed by atoms with van der Waals surface area (Å²) in [6.07, 6.45) is -3.88. The molecule has 0 spiro atoms. The van der Waals surface area contributed by atoms with Gasteiger partial charge in [-0.2, -0.15) is 13.2 Å². The molecule has 1 fully saturated rings. The molecule has 2 rings (SSSR count). The summed E-state index contributed by atoms with van der Waals surface area (Å²) in [5.41, 5.74) is 7.09. The quantitative estimate of drug-likeness (QED) is 0.794. The molecule has 0 amide bonds. The number of rotatable bonds is 1. The van der Waals surface area contributed by atoms with Gasteiger partial charge < -0.3 is 10.6 Å². The molecule has 0 radical (unpaired) electrons. The normalized spacial score (nSPS) is 18.1. The Labute approximate surface area is 109 Å². The zero-order valence-electron chi connectivity index (χ0n) is 9.67. The third-order valence-electron chi connectivity index (χ3n) is 3.29. The van der Waals surface area contributed by atoms with E-state index in [1.165, 1.54) is 0 Å². The van der Waals surface area contributed by atoms with Gasteiger partial charge in [-0.3, -0.25) is 0 Å². The van der Waals surface area contributed by atoms with Crippen LogP contribution in [-0.4, -0.2) is 19.3 Å². The summed E-state index contributed by atoms with van der Waals surface area (Å²) in [7, 11) is 0. The lowest BCUT2D eigenvalue weighted by molar-refractivity contribution is -0.179. The van der Waals surface area contributed by atoms with Gasteiger partial charge in [0.05, 0.1) is 17.3 Å². The van der Waals surface area contributed by atoms with Crippen LogP contribution in [0.25, 0.3) is 0 Å². The van der Waals surface area contributed by atoms with Crippen molar-refractivity contribution < 1.29 is 13.2 Å². The van der Waals surface area contributed by atoms with E-state index in [2.05, 4.69) is 0 Å². The summed E-state index contributed by atoms with van der Waals surface area (Å²) < 4.78 is 37.6. The number of halogens is 4. The molecule has 0 bridgehead atoms. The highest BCUT2D eigenvalue weighted by molar-refractivity contribution is 6.31. The number of nitrogen functional groups attached to an aromatic ring is 1. The molecule has 1 saturated heterocycles. The van der Waals surface area contributed by atoms with Crippen LogP contribution in [0.15, 0.2) is 18.2 Å². The Balaban J connectivity index is 2.08. The molecule has 0 aliphatic carbocycles. The lowest BCUT2D eigenvalue weighted by Gasteiger charge is -2.35. The third kappa shape index (κ3) is 2.83. The van der Waals surface area contributed by atoms with Gasteiger partial charge in [-0.25, -0.2) is 0 Å². The van der Waals surface area contributed by atoms with E-state index in [4.69, 9.17) is 17.3 Å². The average molecular weight is 279 g/mol. The van der Waals surface area contributed by atoms with Crippen LogP contribution in [0.4, 0.5) is 24.5 Å². The molecular formula is C12H14ClF3N2. The fraction of sp³-hybridized carbons (Fsp3) is 0.500. The molecule has 0 aromatic heterocycles. The van der Waals surface area contributed by atoms with Crippen molar-refractivity contribution in [2.24, 2.45) is 5.92 Å². The fourth-order valence-electron chi connectivity index (χ4n) is 2.24. The van der Waals surface area contributed by atoms with Crippen molar-refractivity contribution in [2.45, 2.75) is 19.0 Å². The van der Waals surface area contributed by atoms with Crippen molar-refractivity contribution in [3.05, 3.63) is 23.2 Å². The van der Waals surface area contributed by atoms with Gasteiger partial charge in [0.25, 0.3) is 0 Å². The van der Waals surface area contributed by atoms with Gasteiger partial charge in [-0.05, 0) is 31.0 Å². The minimum absolute atomic E-state index is 0.107. The topological polar surface area (TPSA) is 29.3 Å². The maximum absolute atomic E-state index is 12.5. The first-order chi connectivity index (χ1) is 8.38. The molecule has 1 aliphatic heterocycles. The van der Waals surface area contributed by atoms with E-state index < -0.39 is 12.1 Å². The number of benzene rings is 1. The van der Waals surface area contributed by atoms with Gasteiger partial charge in [0, 0.05) is 18.1 Å². The zero-order chi connectivity index (χ0) is 13.3. The van der Waals surface area contributed by atoms with Gasteiger partial charge in [-0.1, -0.05) is 11.6 Å². The molecule has 0 saturated carbocycles. The average Bonchev–Trinajstić information content (AvgIpc) is 2.31. The van der Waals surface area contributed by atoms with Crippen LogP contribution in [-0.2, 0) is 0 Å². The van der Waals surface area contributed by atoms with Crippen molar-refractivity contribution in [2.75, 3.05) is 23.7 Å². The number of nitrogens with zero attached hydrogens (tertiary/aromatic N) is 1. The van der Waals surface area contributed by atoms with E-state index in [0.717, 1.165) is 5.69 Å². The number of alkyl halides is 3. The maximum Gasteiger partial charge on any atom is 0.391 e. The maximum atomic E-state index is 12.5. The Bertz CT molecular complexity index is 426. The number of hydrogen-bond acceptors (Lipinski definition) is 2. The van der Waals surface area contributed by atoms with Crippen molar-refractivity contribution >= 4 is 23.0 Å². The van der Waals surface area contributed by atoms with Crippen molar-refractivity contribution in [3.8, 4) is 0 Å². The fourth-order valence-corrected chi connectivity index (χ4v) is 2.40. The largest absolute Gasteiger partial charge is 0.397 e. The monoisotopic (exact) mass is 278 g/mol. The third-order valence-corrected chi connectivity index (χ3v) is 3.53. The van der Waals surface area contributed by atoms with Crippen LogP contribution in [0, 0.1) is 5.92 Å². The van der Waals surface area contributed by atoms with E-state index in [0.29, 0.717) is 23.8 Å². The highest BCUT2D eigenvalue weighted by Crippen LogP contribution is 2.37. The Hall–Kier alpha value is -1.10. The molecule has 0 atom stereocenters. The molecule has 1 aliphatic rings. The Morgan fingerprint density at radius 1 is 1.22 bits per heavy atom. The van der Waals surface area contributed by atoms with E-state index >= 15 is 0 Å². The van der Waals surface area contributed by atoms with E-state index in [1.807, 2.05) is 4.90 Å². The van der Waals surface area contributed by atoms with Crippen molar-refractivity contribution in [3.63, 3.8) is 0 Å². The van der Waals surface area contributed by atoms with E-state index in [9.17, 15) is 13.2 Å². The first-order valence-electron chi connectivity index (χ1n) is 5.74. The second-order valence-corrected chi connectivity index (χ2v) is 4.94. The minimum Gasteiger partial charge on any atom is -0.397 e. The number of nitrogens with two attached hydrogens (primary N) is 1. The number of piperidine rings is 1. The van der Waals surface area contributed by atoms with Crippen molar-refractivity contribution in [1.82, 2.24) is 0 Å². The molecule has 1 aromatic rings. The molecule has 100 valence electrons. The van der Waals surface area contributed by atoms with Gasteiger partial charge in [0.1, 0.15) is 0 Å². The first-order valence-corrected chi connectivity index (χ1v) is 6.12. The summed E-state index contributed by atoms with van der Waals surface area (Å²) in [6.45, 7) is 0.712. The summed E-state index contributed by atoms with van der Waals surface area (Å²) in [5, 5.41) is 0.539. The van der Waals surface area contributed by atoms with E-state index in [1.54, 1.807) is 18.2 Å². The summed E-state index contributed by atoms with van der Waals surface area (Å²) in [6, 6.07) is 5.04. The zero-order valence-corrected chi connectivity index (χ0v) is 10.4. The molecule has 2 nitrogen and oxygen atoms in total. The first kappa shape index (κ1) is 13.3. The predicted octanol–water partition coefficient (Wildman–Crippen LogP) is 3.70. The second kappa shape index (κ2) is 4.88. The van der Waals surface area contributed by atoms with Gasteiger partial charge in [0.2, 0.25) is 0 Å². The van der Waals surface area contributed by atoms with Crippen LogP contribution in [0.5, 0.6) is 0 Å². The molecule has 2 N–H and O–H groups in total. The molecule has 18 heavy (non-hydrogen) atoms. The van der Waals surface area contributed by atoms with Crippen LogP contribution < -0.4 is 10.6 Å².